The van der Waals surface area contributed by atoms with E-state index in [2.05, 4.69) is 5.32 Å². The molecule has 0 saturated heterocycles. The lowest BCUT2D eigenvalue weighted by Crippen LogP contribution is -2.42. The molecule has 0 aromatic heterocycles. The predicted molar refractivity (Wildman–Crippen MR) is 73.8 cm³/mol. The highest BCUT2D eigenvalue weighted by atomic mass is 16.4. The first-order valence-corrected chi connectivity index (χ1v) is 6.58. The molecule has 1 aromatic rings. The van der Waals surface area contributed by atoms with Crippen LogP contribution in [0.4, 0.5) is 0 Å². The van der Waals surface area contributed by atoms with Gasteiger partial charge in [0.25, 0.3) is 0 Å². The number of rotatable bonds is 7. The van der Waals surface area contributed by atoms with Gasteiger partial charge in [0.05, 0.1) is 0 Å². The van der Waals surface area contributed by atoms with Gasteiger partial charge in [0, 0.05) is 5.92 Å². The molecule has 19 heavy (non-hydrogen) atoms. The Morgan fingerprint density at radius 3 is 2.37 bits per heavy atom. The number of aliphatic carboxylic acids is 1. The van der Waals surface area contributed by atoms with E-state index in [0.29, 0.717) is 6.42 Å². The number of carboxylic acid groups (broad SMARTS) is 1. The fraction of sp³-hybridized carbons (Fsp3) is 0.467. The van der Waals surface area contributed by atoms with E-state index >= 15 is 0 Å². The number of carbonyl (C=O) groups is 2. The third-order valence-corrected chi connectivity index (χ3v) is 2.94. The van der Waals surface area contributed by atoms with Crippen LogP contribution in [0.3, 0.4) is 0 Å². The Morgan fingerprint density at radius 2 is 1.84 bits per heavy atom. The molecule has 4 nitrogen and oxygen atoms in total. The summed E-state index contributed by atoms with van der Waals surface area (Å²) in [5.74, 6) is -1.38. The van der Waals surface area contributed by atoms with Crippen molar-refractivity contribution in [3.63, 3.8) is 0 Å². The van der Waals surface area contributed by atoms with Crippen LogP contribution in [0.2, 0.25) is 0 Å². The molecule has 1 amide bonds. The molecule has 0 aliphatic rings. The van der Waals surface area contributed by atoms with Gasteiger partial charge in [0.15, 0.2) is 0 Å². The number of amides is 1. The lowest BCUT2D eigenvalue weighted by atomic mass is 10.0. The summed E-state index contributed by atoms with van der Waals surface area (Å²) in [5.41, 5.74) is 1.18. The van der Waals surface area contributed by atoms with Crippen molar-refractivity contribution in [1.82, 2.24) is 5.32 Å². The highest BCUT2D eigenvalue weighted by molar-refractivity contribution is 5.84. The van der Waals surface area contributed by atoms with Gasteiger partial charge in [-0.1, -0.05) is 44.2 Å². The SMILES string of the molecule is CC(C)C(=O)N[C@H](CCCc1ccccc1)C(=O)O. The Kier molecular flexibility index (Phi) is 6.06. The second kappa shape index (κ2) is 7.56. The van der Waals surface area contributed by atoms with E-state index in [1.807, 2.05) is 30.3 Å². The Bertz CT molecular complexity index is 415. The van der Waals surface area contributed by atoms with Crippen LogP contribution >= 0.6 is 0 Å². The molecule has 0 aliphatic heterocycles. The van der Waals surface area contributed by atoms with Crippen LogP contribution in [0.5, 0.6) is 0 Å². The van der Waals surface area contributed by atoms with Gasteiger partial charge in [-0.25, -0.2) is 4.79 Å². The monoisotopic (exact) mass is 263 g/mol. The van der Waals surface area contributed by atoms with Crippen molar-refractivity contribution in [2.24, 2.45) is 5.92 Å². The van der Waals surface area contributed by atoms with Gasteiger partial charge < -0.3 is 10.4 Å². The van der Waals surface area contributed by atoms with Crippen molar-refractivity contribution in [2.75, 3.05) is 0 Å². The summed E-state index contributed by atoms with van der Waals surface area (Å²) in [7, 11) is 0. The predicted octanol–water partition coefficient (Wildman–Crippen LogP) is 2.23. The molecule has 1 rings (SSSR count). The molecule has 2 N–H and O–H groups in total. The molecule has 104 valence electrons. The summed E-state index contributed by atoms with van der Waals surface area (Å²) < 4.78 is 0. The highest BCUT2D eigenvalue weighted by Gasteiger charge is 2.20. The molecule has 0 saturated carbocycles. The minimum absolute atomic E-state index is 0.198. The van der Waals surface area contributed by atoms with Crippen LogP contribution in [0.15, 0.2) is 30.3 Å². The number of carboxylic acids is 1. The van der Waals surface area contributed by atoms with Crippen LogP contribution in [0.1, 0.15) is 32.3 Å². The number of benzene rings is 1. The smallest absolute Gasteiger partial charge is 0.326 e. The van der Waals surface area contributed by atoms with E-state index in [0.717, 1.165) is 12.8 Å². The van der Waals surface area contributed by atoms with Crippen LogP contribution in [-0.2, 0) is 16.0 Å². The van der Waals surface area contributed by atoms with E-state index < -0.39 is 12.0 Å². The number of hydrogen-bond donors (Lipinski definition) is 2. The average Bonchev–Trinajstić information content (AvgIpc) is 2.38. The zero-order valence-corrected chi connectivity index (χ0v) is 11.4. The first kappa shape index (κ1) is 15.2. The summed E-state index contributed by atoms with van der Waals surface area (Å²) in [6, 6.07) is 9.12. The zero-order chi connectivity index (χ0) is 14.3. The molecular formula is C15H21NO3. The van der Waals surface area contributed by atoms with E-state index in [-0.39, 0.29) is 11.8 Å². The summed E-state index contributed by atoms with van der Waals surface area (Å²) in [6.07, 6.45) is 2.00. The molecular weight excluding hydrogens is 242 g/mol. The maximum atomic E-state index is 11.5. The molecule has 1 atom stereocenters. The normalized spacial score (nSPS) is 12.2. The van der Waals surface area contributed by atoms with E-state index in [1.165, 1.54) is 5.56 Å². The Morgan fingerprint density at radius 1 is 1.21 bits per heavy atom. The molecule has 0 bridgehead atoms. The molecule has 0 radical (unpaired) electrons. The molecule has 0 heterocycles. The van der Waals surface area contributed by atoms with E-state index in [1.54, 1.807) is 13.8 Å². The van der Waals surface area contributed by atoms with E-state index in [9.17, 15) is 9.59 Å². The second-order valence-corrected chi connectivity index (χ2v) is 4.93. The maximum absolute atomic E-state index is 11.5. The number of hydrogen-bond acceptors (Lipinski definition) is 2. The number of carbonyl (C=O) groups excluding carboxylic acids is 1. The van der Waals surface area contributed by atoms with Gasteiger partial charge in [-0.15, -0.1) is 0 Å². The van der Waals surface area contributed by atoms with Crippen molar-refractivity contribution in [3.05, 3.63) is 35.9 Å². The second-order valence-electron chi connectivity index (χ2n) is 4.93. The van der Waals surface area contributed by atoms with E-state index in [4.69, 9.17) is 5.11 Å². The first-order chi connectivity index (χ1) is 9.00. The molecule has 0 spiro atoms. The van der Waals surface area contributed by atoms with Gasteiger partial charge in [-0.05, 0) is 24.8 Å². The van der Waals surface area contributed by atoms with Gasteiger partial charge >= 0.3 is 5.97 Å². The largest absolute Gasteiger partial charge is 0.480 e. The van der Waals surface area contributed by atoms with Crippen LogP contribution in [-0.4, -0.2) is 23.0 Å². The highest BCUT2D eigenvalue weighted by Crippen LogP contribution is 2.07. The average molecular weight is 263 g/mol. The molecule has 0 aliphatic carbocycles. The fourth-order valence-corrected chi connectivity index (χ4v) is 1.75. The van der Waals surface area contributed by atoms with Crippen molar-refractivity contribution < 1.29 is 14.7 Å². The number of nitrogens with one attached hydrogen (secondary N) is 1. The summed E-state index contributed by atoms with van der Waals surface area (Å²) in [5, 5.41) is 11.7. The minimum atomic E-state index is -0.970. The molecule has 1 aromatic carbocycles. The van der Waals surface area contributed by atoms with Crippen molar-refractivity contribution in [1.29, 1.82) is 0 Å². The lowest BCUT2D eigenvalue weighted by Gasteiger charge is -2.15. The minimum Gasteiger partial charge on any atom is -0.480 e. The third kappa shape index (κ3) is 5.55. The van der Waals surface area contributed by atoms with Gasteiger partial charge in [0.1, 0.15) is 6.04 Å². The Balaban J connectivity index is 2.42. The Hall–Kier alpha value is -1.84. The van der Waals surface area contributed by atoms with Crippen molar-refractivity contribution in [3.8, 4) is 0 Å². The van der Waals surface area contributed by atoms with Crippen LogP contribution in [0.25, 0.3) is 0 Å². The molecule has 0 unspecified atom stereocenters. The van der Waals surface area contributed by atoms with Gasteiger partial charge in [0.2, 0.25) is 5.91 Å². The van der Waals surface area contributed by atoms with Gasteiger partial charge in [-0.3, -0.25) is 4.79 Å². The quantitative estimate of drug-likeness (QED) is 0.792. The standard InChI is InChI=1S/C15H21NO3/c1-11(2)14(17)16-13(15(18)19)10-6-9-12-7-4-3-5-8-12/h3-5,7-8,11,13H,6,9-10H2,1-2H3,(H,16,17)(H,18,19)/t13-/m1/s1. The molecule has 4 heteroatoms. The zero-order valence-electron chi connectivity index (χ0n) is 11.4. The summed E-state index contributed by atoms with van der Waals surface area (Å²) >= 11 is 0. The van der Waals surface area contributed by atoms with Crippen molar-refractivity contribution >= 4 is 11.9 Å². The van der Waals surface area contributed by atoms with Crippen LogP contribution in [0, 0.1) is 5.92 Å². The maximum Gasteiger partial charge on any atom is 0.326 e. The third-order valence-electron chi connectivity index (χ3n) is 2.94. The van der Waals surface area contributed by atoms with Crippen LogP contribution < -0.4 is 5.32 Å². The topological polar surface area (TPSA) is 66.4 Å². The van der Waals surface area contributed by atoms with Gasteiger partial charge in [-0.2, -0.15) is 0 Å². The fourth-order valence-electron chi connectivity index (χ4n) is 1.75. The number of aryl methyl sites for hydroxylation is 1. The van der Waals surface area contributed by atoms with Crippen molar-refractivity contribution in [2.45, 2.75) is 39.2 Å². The Labute approximate surface area is 113 Å². The summed E-state index contributed by atoms with van der Waals surface area (Å²) in [4.78, 5) is 22.6. The summed E-state index contributed by atoms with van der Waals surface area (Å²) in [6.45, 7) is 3.50. The lowest BCUT2D eigenvalue weighted by molar-refractivity contribution is -0.142. The first-order valence-electron chi connectivity index (χ1n) is 6.58. The molecule has 0 fully saturated rings.